The van der Waals surface area contributed by atoms with Crippen LogP contribution in [0.15, 0.2) is 77.7 Å². The summed E-state index contributed by atoms with van der Waals surface area (Å²) in [5.41, 5.74) is 1.53. The van der Waals surface area contributed by atoms with E-state index in [2.05, 4.69) is 5.32 Å². The predicted molar refractivity (Wildman–Crippen MR) is 133 cm³/mol. The van der Waals surface area contributed by atoms with Gasteiger partial charge in [-0.1, -0.05) is 30.3 Å². The maximum Gasteiger partial charge on any atom is 0.243 e. The maximum atomic E-state index is 13.6. The molecule has 0 saturated heterocycles. The summed E-state index contributed by atoms with van der Waals surface area (Å²) in [5.74, 6) is 1.12. The lowest BCUT2D eigenvalue weighted by atomic mass is 10.1. The Hall–Kier alpha value is -3.56. The number of nitrogens with zero attached hydrogens (tertiary/aromatic N) is 1. The maximum absolute atomic E-state index is 13.6. The quantitative estimate of drug-likeness (QED) is 0.460. The zero-order chi connectivity index (χ0) is 24.7. The molecule has 0 unspecified atom stereocenters. The van der Waals surface area contributed by atoms with Crippen LogP contribution in [0.1, 0.15) is 12.5 Å². The predicted octanol–water partition coefficient (Wildman–Crippen LogP) is 3.73. The van der Waals surface area contributed by atoms with Gasteiger partial charge < -0.3 is 19.5 Å². The van der Waals surface area contributed by atoms with Crippen molar-refractivity contribution in [3.05, 3.63) is 78.4 Å². The number of hydrogen-bond donors (Lipinski definition) is 1. The largest absolute Gasteiger partial charge is 0.494 e. The number of fused-ring (bicyclic) bond motifs is 1. The van der Waals surface area contributed by atoms with Crippen molar-refractivity contribution in [2.75, 3.05) is 38.2 Å². The van der Waals surface area contributed by atoms with Gasteiger partial charge in [-0.15, -0.1) is 0 Å². The third-order valence-electron chi connectivity index (χ3n) is 5.41. The number of carbonyl (C=O) groups is 1. The van der Waals surface area contributed by atoms with Crippen molar-refractivity contribution in [3.8, 4) is 17.2 Å². The first-order chi connectivity index (χ1) is 17.0. The summed E-state index contributed by atoms with van der Waals surface area (Å²) in [4.78, 5) is 12.9. The van der Waals surface area contributed by atoms with Gasteiger partial charge in [0.25, 0.3) is 0 Å². The summed E-state index contributed by atoms with van der Waals surface area (Å²) in [6.45, 7) is 2.99. The number of benzene rings is 3. The number of anilines is 1. The van der Waals surface area contributed by atoms with Gasteiger partial charge in [-0.2, -0.15) is 4.31 Å². The van der Waals surface area contributed by atoms with Gasteiger partial charge in [0.2, 0.25) is 15.9 Å². The van der Waals surface area contributed by atoms with Crippen molar-refractivity contribution >= 4 is 21.6 Å². The number of nitrogens with one attached hydrogen (secondary N) is 1. The van der Waals surface area contributed by atoms with Gasteiger partial charge in [0.05, 0.1) is 18.0 Å². The van der Waals surface area contributed by atoms with Crippen molar-refractivity contribution in [3.63, 3.8) is 0 Å². The monoisotopic (exact) mass is 496 g/mol. The Morgan fingerprint density at radius 2 is 1.69 bits per heavy atom. The first-order valence-electron chi connectivity index (χ1n) is 11.4. The summed E-state index contributed by atoms with van der Waals surface area (Å²) < 4.78 is 44.8. The molecule has 1 aliphatic heterocycles. The SMILES string of the molecule is CCOc1ccc(NC(=O)CN(CCc2ccccc2)S(=O)(=O)c2ccc3c(c2)OCCO3)cc1. The Morgan fingerprint density at radius 3 is 2.40 bits per heavy atom. The third-order valence-corrected chi connectivity index (χ3v) is 7.25. The fourth-order valence-corrected chi connectivity index (χ4v) is 5.09. The van der Waals surface area contributed by atoms with E-state index in [0.717, 1.165) is 5.56 Å². The summed E-state index contributed by atoms with van der Waals surface area (Å²) in [6, 6.07) is 21.0. The Kier molecular flexibility index (Phi) is 7.89. The zero-order valence-corrected chi connectivity index (χ0v) is 20.3. The average molecular weight is 497 g/mol. The van der Waals surface area contributed by atoms with Gasteiger partial charge in [0.1, 0.15) is 19.0 Å². The minimum atomic E-state index is -3.99. The van der Waals surface area contributed by atoms with E-state index in [0.29, 0.717) is 49.2 Å². The van der Waals surface area contributed by atoms with E-state index in [4.69, 9.17) is 14.2 Å². The molecular weight excluding hydrogens is 468 g/mol. The van der Waals surface area contributed by atoms with Crippen molar-refractivity contribution < 1.29 is 27.4 Å². The Morgan fingerprint density at radius 1 is 0.971 bits per heavy atom. The van der Waals surface area contributed by atoms with Crippen LogP contribution in [0.3, 0.4) is 0 Å². The van der Waals surface area contributed by atoms with Crippen LogP contribution in [0, 0.1) is 0 Å². The average Bonchev–Trinajstić information content (AvgIpc) is 2.88. The van der Waals surface area contributed by atoms with E-state index in [9.17, 15) is 13.2 Å². The molecule has 3 aromatic rings. The molecule has 8 nitrogen and oxygen atoms in total. The first kappa shape index (κ1) is 24.6. The minimum absolute atomic E-state index is 0.0451. The molecule has 0 spiro atoms. The van der Waals surface area contributed by atoms with E-state index in [-0.39, 0.29) is 18.0 Å². The minimum Gasteiger partial charge on any atom is -0.494 e. The lowest BCUT2D eigenvalue weighted by Gasteiger charge is -2.24. The van der Waals surface area contributed by atoms with Gasteiger partial charge in [-0.05, 0) is 55.3 Å². The molecule has 0 aliphatic carbocycles. The first-order valence-corrected chi connectivity index (χ1v) is 12.9. The van der Waals surface area contributed by atoms with Crippen LogP contribution in [0.25, 0.3) is 0 Å². The molecule has 0 bridgehead atoms. The highest BCUT2D eigenvalue weighted by Gasteiger charge is 2.28. The summed E-state index contributed by atoms with van der Waals surface area (Å²) in [5, 5.41) is 2.77. The summed E-state index contributed by atoms with van der Waals surface area (Å²) >= 11 is 0. The molecule has 4 rings (SSSR count). The molecule has 1 amide bonds. The fourth-order valence-electron chi connectivity index (χ4n) is 3.68. The highest BCUT2D eigenvalue weighted by molar-refractivity contribution is 7.89. The normalized spacial score (nSPS) is 12.9. The van der Waals surface area contributed by atoms with Crippen LogP contribution >= 0.6 is 0 Å². The highest BCUT2D eigenvalue weighted by atomic mass is 32.2. The van der Waals surface area contributed by atoms with Gasteiger partial charge in [0.15, 0.2) is 11.5 Å². The second kappa shape index (κ2) is 11.2. The summed E-state index contributed by atoms with van der Waals surface area (Å²) in [6.07, 6.45) is 0.459. The Bertz CT molecular complexity index is 1250. The van der Waals surface area contributed by atoms with E-state index in [1.165, 1.54) is 16.4 Å². The van der Waals surface area contributed by atoms with Crippen LogP contribution in [0.4, 0.5) is 5.69 Å². The number of sulfonamides is 1. The third kappa shape index (κ3) is 6.32. The van der Waals surface area contributed by atoms with Crippen LogP contribution in [0.5, 0.6) is 17.2 Å². The Labute approximate surface area is 205 Å². The molecule has 0 atom stereocenters. The smallest absolute Gasteiger partial charge is 0.243 e. The number of ether oxygens (including phenoxy) is 3. The molecule has 9 heteroatoms. The molecular formula is C26H28N2O6S. The molecule has 0 aromatic heterocycles. The van der Waals surface area contributed by atoms with Crippen molar-refractivity contribution in [2.45, 2.75) is 18.2 Å². The van der Waals surface area contributed by atoms with Gasteiger partial charge in [0, 0.05) is 18.3 Å². The van der Waals surface area contributed by atoms with Gasteiger partial charge >= 0.3 is 0 Å². The molecule has 1 aliphatic rings. The fraction of sp³-hybridized carbons (Fsp3) is 0.269. The van der Waals surface area contributed by atoms with Crippen molar-refractivity contribution in [1.82, 2.24) is 4.31 Å². The highest BCUT2D eigenvalue weighted by Crippen LogP contribution is 2.33. The lowest BCUT2D eigenvalue weighted by molar-refractivity contribution is -0.116. The van der Waals surface area contributed by atoms with E-state index in [1.54, 1.807) is 30.3 Å². The number of amides is 1. The van der Waals surface area contributed by atoms with Crippen molar-refractivity contribution in [1.29, 1.82) is 0 Å². The molecule has 0 radical (unpaired) electrons. The van der Waals surface area contributed by atoms with E-state index in [1.807, 2.05) is 37.3 Å². The molecule has 0 saturated carbocycles. The van der Waals surface area contributed by atoms with Crippen LogP contribution in [-0.4, -0.2) is 51.5 Å². The van der Waals surface area contributed by atoms with Gasteiger partial charge in [-0.25, -0.2) is 8.42 Å². The number of carbonyl (C=O) groups excluding carboxylic acids is 1. The molecule has 0 fully saturated rings. The number of hydrogen-bond acceptors (Lipinski definition) is 6. The molecule has 1 N–H and O–H groups in total. The second-order valence-electron chi connectivity index (χ2n) is 7.89. The van der Waals surface area contributed by atoms with Crippen LogP contribution in [0.2, 0.25) is 0 Å². The van der Waals surface area contributed by atoms with Crippen molar-refractivity contribution in [2.24, 2.45) is 0 Å². The van der Waals surface area contributed by atoms with Gasteiger partial charge in [-0.3, -0.25) is 4.79 Å². The summed E-state index contributed by atoms with van der Waals surface area (Å²) in [7, 11) is -3.99. The second-order valence-corrected chi connectivity index (χ2v) is 9.82. The van der Waals surface area contributed by atoms with E-state index < -0.39 is 15.9 Å². The topological polar surface area (TPSA) is 94.2 Å². The van der Waals surface area contributed by atoms with E-state index >= 15 is 0 Å². The molecule has 1 heterocycles. The zero-order valence-electron chi connectivity index (χ0n) is 19.5. The van der Waals surface area contributed by atoms with Crippen LogP contribution < -0.4 is 19.5 Å². The number of rotatable bonds is 10. The molecule has 3 aromatic carbocycles. The lowest BCUT2D eigenvalue weighted by Crippen LogP contribution is -2.39. The molecule has 35 heavy (non-hydrogen) atoms. The molecule has 184 valence electrons. The Balaban J connectivity index is 1.53. The van der Waals surface area contributed by atoms with Crippen LogP contribution in [-0.2, 0) is 21.2 Å². The standard InChI is InChI=1S/C26H28N2O6S/c1-2-32-22-10-8-21(9-11-22)27-26(29)19-28(15-14-20-6-4-3-5-7-20)35(30,31)23-12-13-24-25(18-23)34-17-16-33-24/h3-13,18H,2,14-17,19H2,1H3,(H,27,29).